The van der Waals surface area contributed by atoms with Crippen molar-refractivity contribution in [3.05, 3.63) is 46.3 Å². The quantitative estimate of drug-likeness (QED) is 0.485. The van der Waals surface area contributed by atoms with E-state index in [1.165, 1.54) is 0 Å². The van der Waals surface area contributed by atoms with Crippen molar-refractivity contribution in [2.24, 2.45) is 0 Å². The number of piperazine rings is 1. The molecule has 3 heterocycles. The minimum absolute atomic E-state index is 0.582. The molecule has 0 aliphatic carbocycles. The monoisotopic (exact) mass is 449 g/mol. The summed E-state index contributed by atoms with van der Waals surface area (Å²) >= 11 is 11.4. The van der Waals surface area contributed by atoms with Gasteiger partial charge in [-0.2, -0.15) is 10.1 Å². The molecule has 0 unspecified atom stereocenters. The van der Waals surface area contributed by atoms with Gasteiger partial charge in [-0.15, -0.1) is 0 Å². The molecule has 1 aliphatic heterocycles. The van der Waals surface area contributed by atoms with Gasteiger partial charge in [0.15, 0.2) is 4.77 Å². The Balaban J connectivity index is 1.28. The van der Waals surface area contributed by atoms with E-state index in [1.807, 2.05) is 33.5 Å². The highest BCUT2D eigenvalue weighted by Crippen LogP contribution is 2.19. The summed E-state index contributed by atoms with van der Waals surface area (Å²) in [6.45, 7) is 6.33. The molecule has 4 rings (SSSR count). The maximum atomic E-state index is 5.93. The van der Waals surface area contributed by atoms with Crippen molar-refractivity contribution in [1.82, 2.24) is 34.3 Å². The zero-order valence-corrected chi connectivity index (χ0v) is 18.3. The molecular formula is C19H24ClN7O2S. The maximum absolute atomic E-state index is 5.93. The molecule has 30 heavy (non-hydrogen) atoms. The Labute approximate surface area is 184 Å². The smallest absolute Gasteiger partial charge is 0.241 e. The second-order valence-corrected chi connectivity index (χ2v) is 7.96. The number of ether oxygens (including phenoxy) is 1. The topological polar surface area (TPSA) is 77.4 Å². The molecule has 0 saturated carbocycles. The van der Waals surface area contributed by atoms with Crippen molar-refractivity contribution < 1.29 is 9.26 Å². The van der Waals surface area contributed by atoms with Crippen LogP contribution in [0.3, 0.4) is 0 Å². The van der Waals surface area contributed by atoms with Crippen LogP contribution in [0.2, 0.25) is 5.02 Å². The summed E-state index contributed by atoms with van der Waals surface area (Å²) in [5.41, 5.74) is 0.890. The van der Waals surface area contributed by atoms with Gasteiger partial charge in [0.25, 0.3) is 0 Å². The van der Waals surface area contributed by atoms with Gasteiger partial charge in [0.2, 0.25) is 11.7 Å². The van der Waals surface area contributed by atoms with Crippen LogP contribution in [0.1, 0.15) is 5.89 Å². The normalized spacial score (nSPS) is 15.7. The minimum atomic E-state index is 0.582. The minimum Gasteiger partial charge on any atom is -0.383 e. The standard InChI is InChI=1S/C19H24ClN7O2S/c1-28-11-10-26-13-21-27(19(26)30)14-25-8-6-24(7-9-25)12-17-22-18(23-29-17)15-2-4-16(20)5-3-15/h2-5,13H,6-12,14H2,1H3. The second-order valence-electron chi connectivity index (χ2n) is 7.15. The summed E-state index contributed by atoms with van der Waals surface area (Å²) in [4.78, 5) is 9.16. The lowest BCUT2D eigenvalue weighted by Gasteiger charge is -2.33. The predicted octanol–water partition coefficient (Wildman–Crippen LogP) is 2.54. The second kappa shape index (κ2) is 9.80. The van der Waals surface area contributed by atoms with E-state index in [9.17, 15) is 0 Å². The van der Waals surface area contributed by atoms with Crippen LogP contribution in [-0.4, -0.2) is 74.2 Å². The van der Waals surface area contributed by atoms with E-state index >= 15 is 0 Å². The Bertz CT molecular complexity index is 1010. The fourth-order valence-electron chi connectivity index (χ4n) is 3.32. The van der Waals surface area contributed by atoms with Crippen molar-refractivity contribution in [3.8, 4) is 11.4 Å². The largest absolute Gasteiger partial charge is 0.383 e. The first-order valence-electron chi connectivity index (χ1n) is 9.77. The first-order valence-corrected chi connectivity index (χ1v) is 10.6. The molecule has 3 aromatic rings. The fraction of sp³-hybridized carbons (Fsp3) is 0.474. The van der Waals surface area contributed by atoms with E-state index < -0.39 is 0 Å². The van der Waals surface area contributed by atoms with Crippen LogP contribution in [0.5, 0.6) is 0 Å². The van der Waals surface area contributed by atoms with E-state index in [0.29, 0.717) is 43.1 Å². The molecule has 0 atom stereocenters. The fourth-order valence-corrected chi connectivity index (χ4v) is 3.69. The highest BCUT2D eigenvalue weighted by Gasteiger charge is 2.20. The molecule has 0 radical (unpaired) electrons. The molecule has 160 valence electrons. The van der Waals surface area contributed by atoms with Crippen molar-refractivity contribution in [2.45, 2.75) is 19.8 Å². The van der Waals surface area contributed by atoms with Crippen LogP contribution < -0.4 is 0 Å². The van der Waals surface area contributed by atoms with Gasteiger partial charge in [0.1, 0.15) is 6.33 Å². The lowest BCUT2D eigenvalue weighted by atomic mass is 10.2. The molecule has 1 saturated heterocycles. The molecule has 0 spiro atoms. The van der Waals surface area contributed by atoms with Crippen LogP contribution in [-0.2, 0) is 24.5 Å². The van der Waals surface area contributed by atoms with Crippen molar-refractivity contribution in [1.29, 1.82) is 0 Å². The molecular weight excluding hydrogens is 426 g/mol. The number of hydrogen-bond acceptors (Lipinski definition) is 8. The Hall–Kier alpha value is -2.11. The van der Waals surface area contributed by atoms with Crippen LogP contribution >= 0.6 is 23.8 Å². The molecule has 0 bridgehead atoms. The maximum Gasteiger partial charge on any atom is 0.241 e. The van der Waals surface area contributed by atoms with E-state index in [0.717, 1.165) is 36.5 Å². The summed E-state index contributed by atoms with van der Waals surface area (Å²) in [5.74, 6) is 1.20. The molecule has 1 fully saturated rings. The Morgan fingerprint density at radius 2 is 1.87 bits per heavy atom. The zero-order valence-electron chi connectivity index (χ0n) is 16.8. The third kappa shape index (κ3) is 5.13. The van der Waals surface area contributed by atoms with E-state index in [2.05, 4.69) is 25.0 Å². The Kier molecular flexibility index (Phi) is 6.90. The highest BCUT2D eigenvalue weighted by molar-refractivity contribution is 7.71. The number of nitrogens with zero attached hydrogens (tertiary/aromatic N) is 7. The van der Waals surface area contributed by atoms with Crippen molar-refractivity contribution in [2.75, 3.05) is 39.9 Å². The van der Waals surface area contributed by atoms with Crippen LogP contribution in [0.4, 0.5) is 0 Å². The molecule has 11 heteroatoms. The average Bonchev–Trinajstić information content (AvgIpc) is 3.36. The van der Waals surface area contributed by atoms with Gasteiger partial charge in [-0.3, -0.25) is 9.80 Å². The van der Waals surface area contributed by atoms with Crippen molar-refractivity contribution in [3.63, 3.8) is 0 Å². The number of halogens is 1. The first-order chi connectivity index (χ1) is 14.6. The lowest BCUT2D eigenvalue weighted by molar-refractivity contribution is 0.0907. The number of hydrogen-bond donors (Lipinski definition) is 0. The lowest BCUT2D eigenvalue weighted by Crippen LogP contribution is -2.46. The summed E-state index contributed by atoms with van der Waals surface area (Å²) < 4.78 is 15.1. The van der Waals surface area contributed by atoms with Crippen LogP contribution in [0.25, 0.3) is 11.4 Å². The highest BCUT2D eigenvalue weighted by atomic mass is 35.5. The predicted molar refractivity (Wildman–Crippen MR) is 115 cm³/mol. The van der Waals surface area contributed by atoms with Crippen LogP contribution in [0.15, 0.2) is 35.1 Å². The average molecular weight is 450 g/mol. The van der Waals surface area contributed by atoms with Gasteiger partial charge < -0.3 is 13.8 Å². The zero-order chi connectivity index (χ0) is 20.9. The summed E-state index contributed by atoms with van der Waals surface area (Å²) in [6, 6.07) is 7.41. The van der Waals surface area contributed by atoms with Gasteiger partial charge in [-0.25, -0.2) is 4.68 Å². The number of benzene rings is 1. The van der Waals surface area contributed by atoms with Gasteiger partial charge in [0.05, 0.1) is 19.8 Å². The number of rotatable bonds is 8. The van der Waals surface area contributed by atoms with Crippen molar-refractivity contribution >= 4 is 23.8 Å². The van der Waals surface area contributed by atoms with Gasteiger partial charge in [-0.05, 0) is 36.5 Å². The summed E-state index contributed by atoms with van der Waals surface area (Å²) in [6.07, 6.45) is 1.77. The summed E-state index contributed by atoms with van der Waals surface area (Å²) in [7, 11) is 1.68. The van der Waals surface area contributed by atoms with E-state index in [4.69, 9.17) is 33.1 Å². The first kappa shape index (κ1) is 21.1. The third-order valence-electron chi connectivity index (χ3n) is 5.06. The molecule has 0 N–H and O–H groups in total. The van der Waals surface area contributed by atoms with Crippen LogP contribution in [0, 0.1) is 4.77 Å². The van der Waals surface area contributed by atoms with E-state index in [-0.39, 0.29) is 0 Å². The molecule has 9 nitrogen and oxygen atoms in total. The van der Waals surface area contributed by atoms with Gasteiger partial charge in [-0.1, -0.05) is 16.8 Å². The number of aromatic nitrogens is 5. The number of methoxy groups -OCH3 is 1. The molecule has 0 amide bonds. The SMILES string of the molecule is COCCn1cnn(CN2CCN(Cc3nc(-c4ccc(Cl)cc4)no3)CC2)c1=S. The molecule has 2 aromatic heterocycles. The summed E-state index contributed by atoms with van der Waals surface area (Å²) in [5, 5.41) is 9.18. The van der Waals surface area contributed by atoms with Gasteiger partial charge in [0, 0.05) is 50.4 Å². The molecule has 1 aliphatic rings. The van der Waals surface area contributed by atoms with E-state index in [1.54, 1.807) is 13.4 Å². The van der Waals surface area contributed by atoms with Gasteiger partial charge >= 0.3 is 0 Å². The third-order valence-corrected chi connectivity index (χ3v) is 5.76. The Morgan fingerprint density at radius 1 is 1.13 bits per heavy atom. The molecule has 1 aromatic carbocycles. The Morgan fingerprint density at radius 3 is 2.60 bits per heavy atom.